The van der Waals surface area contributed by atoms with E-state index >= 15 is 0 Å². The lowest BCUT2D eigenvalue weighted by atomic mass is 10.0. The van der Waals surface area contributed by atoms with Crippen molar-refractivity contribution in [2.45, 2.75) is 56.5 Å². The van der Waals surface area contributed by atoms with E-state index in [2.05, 4.69) is 20.9 Å². The smallest absolute Gasteiger partial charge is 0.328 e. The minimum Gasteiger partial charge on any atom is -0.480 e. The van der Waals surface area contributed by atoms with Crippen molar-refractivity contribution in [3.63, 3.8) is 0 Å². The predicted molar refractivity (Wildman–Crippen MR) is 142 cm³/mol. The number of H-pyrrole nitrogens is 1. The number of benzene rings is 1. The zero-order valence-corrected chi connectivity index (χ0v) is 21.9. The van der Waals surface area contributed by atoms with Crippen molar-refractivity contribution in [2.24, 2.45) is 11.5 Å². The highest BCUT2D eigenvalue weighted by Crippen LogP contribution is 2.19. The second-order valence-electron chi connectivity index (χ2n) is 8.81. The summed E-state index contributed by atoms with van der Waals surface area (Å²) in [4.78, 5) is 65.0. The summed E-state index contributed by atoms with van der Waals surface area (Å²) in [6, 6.07) is 1.90. The number of fused-ring (bicyclic) bond motifs is 1. The third-order valence-corrected chi connectivity index (χ3v) is 6.43. The Morgan fingerprint density at radius 3 is 2.26 bits per heavy atom. The average Bonchev–Trinajstić information content (AvgIpc) is 3.26. The van der Waals surface area contributed by atoms with Crippen LogP contribution in [0.25, 0.3) is 10.9 Å². The van der Waals surface area contributed by atoms with Crippen LogP contribution in [-0.4, -0.2) is 87.1 Å². The summed E-state index contributed by atoms with van der Waals surface area (Å²) in [6.07, 6.45) is 1.77. The lowest BCUT2D eigenvalue weighted by molar-refractivity contribution is -0.145. The van der Waals surface area contributed by atoms with Crippen LogP contribution in [0.15, 0.2) is 30.5 Å². The Morgan fingerprint density at radius 1 is 1.03 bits per heavy atom. The van der Waals surface area contributed by atoms with Crippen molar-refractivity contribution in [1.82, 2.24) is 20.9 Å². The molecule has 5 atom stereocenters. The molecule has 13 nitrogen and oxygen atoms in total. The molecule has 2 rings (SSSR count). The van der Waals surface area contributed by atoms with Crippen LogP contribution in [0.4, 0.5) is 0 Å². The molecular weight excluding hydrogens is 516 g/mol. The SMILES string of the molecule is CSCCC(N)C(=O)NC(CC(N)=O)C(=O)NC(Cc1c[nH]c2ccccc12)C(=O)NC(C(=O)O)C(C)O. The lowest BCUT2D eigenvalue weighted by Crippen LogP contribution is -2.59. The molecule has 4 amide bonds. The van der Waals surface area contributed by atoms with Gasteiger partial charge in [0, 0.05) is 23.5 Å². The number of aromatic nitrogens is 1. The summed E-state index contributed by atoms with van der Waals surface area (Å²) >= 11 is 1.49. The Bertz CT molecular complexity index is 1150. The number of carbonyl (C=O) groups excluding carboxylic acids is 4. The van der Waals surface area contributed by atoms with Crippen molar-refractivity contribution in [1.29, 1.82) is 0 Å². The molecule has 208 valence electrons. The van der Waals surface area contributed by atoms with Crippen molar-refractivity contribution in [3.05, 3.63) is 36.0 Å². The number of nitrogens with two attached hydrogens (primary N) is 2. The maximum Gasteiger partial charge on any atom is 0.328 e. The fraction of sp³-hybridized carbons (Fsp3) is 0.458. The number of hydrogen-bond donors (Lipinski definition) is 8. The number of aliphatic hydroxyl groups excluding tert-OH is 1. The van der Waals surface area contributed by atoms with E-state index in [-0.39, 0.29) is 6.42 Å². The van der Waals surface area contributed by atoms with Gasteiger partial charge in [0.15, 0.2) is 6.04 Å². The molecule has 1 heterocycles. The van der Waals surface area contributed by atoms with E-state index in [1.807, 2.05) is 18.4 Å². The van der Waals surface area contributed by atoms with Gasteiger partial charge < -0.3 is 42.6 Å². The molecule has 0 aliphatic heterocycles. The number of carboxylic acid groups (broad SMARTS) is 1. The summed E-state index contributed by atoms with van der Waals surface area (Å²) in [5.41, 5.74) is 12.6. The molecule has 2 aromatic rings. The standard InChI is InChI=1S/C24H34N6O7S/c1-12(31)20(24(36)37)30-23(35)17(9-13-11-27-16-6-4-3-5-14(13)16)29-22(34)18(10-19(26)32)28-21(33)15(25)7-8-38-2/h3-6,11-12,15,17-18,20,27,31H,7-10,25H2,1-2H3,(H2,26,32)(H,28,33)(H,29,34)(H,30,35)(H,36,37). The van der Waals surface area contributed by atoms with Gasteiger partial charge in [0.2, 0.25) is 23.6 Å². The summed E-state index contributed by atoms with van der Waals surface area (Å²) in [5.74, 6) is -4.19. The maximum atomic E-state index is 13.2. The number of thioether (sulfide) groups is 1. The molecule has 5 unspecified atom stereocenters. The first-order valence-electron chi connectivity index (χ1n) is 11.8. The van der Waals surface area contributed by atoms with Crippen LogP contribution in [0.5, 0.6) is 0 Å². The van der Waals surface area contributed by atoms with Crippen molar-refractivity contribution in [3.8, 4) is 0 Å². The number of rotatable bonds is 15. The van der Waals surface area contributed by atoms with Gasteiger partial charge in [-0.3, -0.25) is 19.2 Å². The number of carbonyl (C=O) groups is 5. The van der Waals surface area contributed by atoms with Crippen molar-refractivity contribution < 1.29 is 34.2 Å². The van der Waals surface area contributed by atoms with E-state index in [1.54, 1.807) is 18.3 Å². The van der Waals surface area contributed by atoms with E-state index in [0.29, 0.717) is 17.7 Å². The molecule has 0 bridgehead atoms. The molecule has 0 saturated heterocycles. The Labute approximate surface area is 223 Å². The Balaban J connectivity index is 2.31. The van der Waals surface area contributed by atoms with Crippen LogP contribution in [0.2, 0.25) is 0 Å². The lowest BCUT2D eigenvalue weighted by Gasteiger charge is -2.25. The fourth-order valence-electron chi connectivity index (χ4n) is 3.71. The van der Waals surface area contributed by atoms with E-state index in [4.69, 9.17) is 11.5 Å². The van der Waals surface area contributed by atoms with Crippen molar-refractivity contribution in [2.75, 3.05) is 12.0 Å². The minimum atomic E-state index is -1.64. The molecular formula is C24H34N6O7S. The summed E-state index contributed by atoms with van der Waals surface area (Å²) in [7, 11) is 0. The van der Waals surface area contributed by atoms with Crippen LogP contribution < -0.4 is 27.4 Å². The fourth-order valence-corrected chi connectivity index (χ4v) is 4.20. The van der Waals surface area contributed by atoms with E-state index in [0.717, 1.165) is 10.9 Å². The quantitative estimate of drug-likeness (QED) is 0.130. The van der Waals surface area contributed by atoms with Crippen molar-refractivity contribution >= 4 is 52.3 Å². The number of nitrogens with one attached hydrogen (secondary N) is 4. The number of hydrogen-bond acceptors (Lipinski definition) is 8. The number of aromatic amines is 1. The van der Waals surface area contributed by atoms with Gasteiger partial charge in [-0.2, -0.15) is 11.8 Å². The van der Waals surface area contributed by atoms with Gasteiger partial charge in [0.1, 0.15) is 12.1 Å². The summed E-state index contributed by atoms with van der Waals surface area (Å²) < 4.78 is 0. The molecule has 0 radical (unpaired) electrons. The zero-order chi connectivity index (χ0) is 28.4. The molecule has 14 heteroatoms. The van der Waals surface area contributed by atoms with E-state index in [1.165, 1.54) is 18.7 Å². The zero-order valence-electron chi connectivity index (χ0n) is 21.1. The number of para-hydroxylation sites is 1. The first kappa shape index (κ1) is 30.6. The van der Waals surface area contributed by atoms with Gasteiger partial charge in [-0.15, -0.1) is 0 Å². The number of primary amides is 1. The second kappa shape index (κ2) is 14.4. The molecule has 38 heavy (non-hydrogen) atoms. The molecule has 0 aliphatic rings. The Kier molecular flexibility index (Phi) is 11.6. The van der Waals surface area contributed by atoms with Crippen LogP contribution in [0, 0.1) is 0 Å². The van der Waals surface area contributed by atoms with Gasteiger partial charge >= 0.3 is 5.97 Å². The monoisotopic (exact) mass is 550 g/mol. The van der Waals surface area contributed by atoms with Crippen LogP contribution in [0.1, 0.15) is 25.3 Å². The molecule has 0 saturated carbocycles. The van der Waals surface area contributed by atoms with Crippen LogP contribution >= 0.6 is 11.8 Å². The number of aliphatic hydroxyl groups is 1. The third-order valence-electron chi connectivity index (χ3n) is 5.79. The summed E-state index contributed by atoms with van der Waals surface area (Å²) in [6.45, 7) is 1.20. The molecule has 10 N–H and O–H groups in total. The number of aliphatic carboxylic acids is 1. The predicted octanol–water partition coefficient (Wildman–Crippen LogP) is -1.41. The van der Waals surface area contributed by atoms with Crippen LogP contribution in [-0.2, 0) is 30.4 Å². The minimum absolute atomic E-state index is 0.0712. The third kappa shape index (κ3) is 8.75. The van der Waals surface area contributed by atoms with Gasteiger partial charge in [0.25, 0.3) is 0 Å². The highest BCUT2D eigenvalue weighted by Gasteiger charge is 2.33. The van der Waals surface area contributed by atoms with Gasteiger partial charge in [-0.1, -0.05) is 18.2 Å². The maximum absolute atomic E-state index is 13.2. The largest absolute Gasteiger partial charge is 0.480 e. The first-order valence-corrected chi connectivity index (χ1v) is 13.2. The molecule has 0 aliphatic carbocycles. The second-order valence-corrected chi connectivity index (χ2v) is 9.80. The summed E-state index contributed by atoms with van der Waals surface area (Å²) in [5, 5.41) is 27.1. The van der Waals surface area contributed by atoms with Crippen LogP contribution in [0.3, 0.4) is 0 Å². The number of amides is 4. The topological polar surface area (TPSA) is 230 Å². The molecule has 1 aromatic carbocycles. The van der Waals surface area contributed by atoms with E-state index < -0.39 is 66.3 Å². The molecule has 0 fully saturated rings. The highest BCUT2D eigenvalue weighted by molar-refractivity contribution is 7.98. The Morgan fingerprint density at radius 2 is 1.66 bits per heavy atom. The van der Waals surface area contributed by atoms with Gasteiger partial charge in [0.05, 0.1) is 18.6 Å². The first-order chi connectivity index (χ1) is 17.9. The molecule has 0 spiro atoms. The van der Waals surface area contributed by atoms with E-state index in [9.17, 15) is 34.2 Å². The normalized spacial score (nSPS) is 15.1. The average molecular weight is 551 g/mol. The molecule has 1 aromatic heterocycles. The Hall–Kier alpha value is -3.62. The van der Waals surface area contributed by atoms with Gasteiger partial charge in [-0.05, 0) is 37.0 Å². The van der Waals surface area contributed by atoms with Gasteiger partial charge in [-0.25, -0.2) is 4.79 Å². The number of carboxylic acids is 1. The highest BCUT2D eigenvalue weighted by atomic mass is 32.2.